The summed E-state index contributed by atoms with van der Waals surface area (Å²) >= 11 is 0. The van der Waals surface area contributed by atoms with Crippen LogP contribution in [0.15, 0.2) is 59.1 Å². The topological polar surface area (TPSA) is 55.1 Å². The molecule has 0 spiro atoms. The van der Waals surface area contributed by atoms with E-state index >= 15 is 0 Å². The first-order valence-electron chi connectivity index (χ1n) is 7.67. The Bertz CT molecular complexity index is 854. The molecule has 5 heteroatoms. The van der Waals surface area contributed by atoms with Gasteiger partial charge in [0.15, 0.2) is 5.76 Å². The third kappa shape index (κ3) is 3.35. The van der Waals surface area contributed by atoms with Crippen LogP contribution in [0.5, 0.6) is 0 Å². The largest absolute Gasteiger partial charge is 0.356 e. The quantitative estimate of drug-likeness (QED) is 0.779. The molecule has 122 valence electrons. The van der Waals surface area contributed by atoms with Crippen LogP contribution in [-0.2, 0) is 0 Å². The van der Waals surface area contributed by atoms with Gasteiger partial charge in [-0.2, -0.15) is 0 Å². The first-order valence-corrected chi connectivity index (χ1v) is 7.67. The van der Waals surface area contributed by atoms with Gasteiger partial charge in [0.2, 0.25) is 0 Å². The standard InChI is InChI=1S/C19H17FN2O2/c1-12(2)21-19(23)14-9-7-13(8-10-14)18-11-17(22-24-18)15-5-3-4-6-16(15)20/h3-12H,1-2H3,(H,21,23). The van der Waals surface area contributed by atoms with Crippen molar-refractivity contribution in [2.75, 3.05) is 0 Å². The van der Waals surface area contributed by atoms with Gasteiger partial charge in [-0.05, 0) is 38.1 Å². The Morgan fingerprint density at radius 3 is 2.50 bits per heavy atom. The minimum Gasteiger partial charge on any atom is -0.356 e. The lowest BCUT2D eigenvalue weighted by Gasteiger charge is -2.08. The first kappa shape index (κ1) is 15.9. The summed E-state index contributed by atoms with van der Waals surface area (Å²) < 4.78 is 19.1. The number of hydrogen-bond donors (Lipinski definition) is 1. The number of nitrogens with one attached hydrogen (secondary N) is 1. The molecule has 3 aromatic rings. The molecule has 1 N–H and O–H groups in total. The number of hydrogen-bond acceptors (Lipinski definition) is 3. The average Bonchev–Trinajstić information content (AvgIpc) is 3.04. The number of carbonyl (C=O) groups is 1. The Kier molecular flexibility index (Phi) is 4.42. The van der Waals surface area contributed by atoms with Crippen molar-refractivity contribution in [2.24, 2.45) is 0 Å². The maximum absolute atomic E-state index is 13.8. The van der Waals surface area contributed by atoms with Crippen molar-refractivity contribution in [2.45, 2.75) is 19.9 Å². The smallest absolute Gasteiger partial charge is 0.251 e. The SMILES string of the molecule is CC(C)NC(=O)c1ccc(-c2cc(-c3ccccc3F)no2)cc1. The van der Waals surface area contributed by atoms with Crippen molar-refractivity contribution >= 4 is 5.91 Å². The normalized spacial score (nSPS) is 10.8. The molecule has 1 aromatic heterocycles. The van der Waals surface area contributed by atoms with E-state index in [4.69, 9.17) is 4.52 Å². The van der Waals surface area contributed by atoms with Gasteiger partial charge in [-0.25, -0.2) is 4.39 Å². The molecule has 1 heterocycles. The summed E-state index contributed by atoms with van der Waals surface area (Å²) in [6, 6.07) is 15.2. The number of nitrogens with zero attached hydrogens (tertiary/aromatic N) is 1. The van der Waals surface area contributed by atoms with Gasteiger partial charge in [-0.15, -0.1) is 0 Å². The fraction of sp³-hybridized carbons (Fsp3) is 0.158. The van der Waals surface area contributed by atoms with Crippen LogP contribution in [0.25, 0.3) is 22.6 Å². The van der Waals surface area contributed by atoms with Gasteiger partial charge in [0, 0.05) is 28.8 Å². The number of aromatic nitrogens is 1. The number of halogens is 1. The second-order valence-electron chi connectivity index (χ2n) is 5.76. The van der Waals surface area contributed by atoms with Gasteiger partial charge in [0.1, 0.15) is 11.5 Å². The van der Waals surface area contributed by atoms with E-state index in [1.54, 1.807) is 48.5 Å². The molecule has 0 saturated carbocycles. The van der Waals surface area contributed by atoms with E-state index in [-0.39, 0.29) is 17.8 Å². The van der Waals surface area contributed by atoms with Gasteiger partial charge in [-0.3, -0.25) is 4.79 Å². The molecule has 0 aliphatic heterocycles. The molecule has 0 fully saturated rings. The Morgan fingerprint density at radius 1 is 1.12 bits per heavy atom. The highest BCUT2D eigenvalue weighted by Gasteiger charge is 2.13. The minimum absolute atomic E-state index is 0.0785. The van der Waals surface area contributed by atoms with Gasteiger partial charge in [-0.1, -0.05) is 29.4 Å². The summed E-state index contributed by atoms with van der Waals surface area (Å²) in [5.74, 6) is 0.0447. The molecule has 24 heavy (non-hydrogen) atoms. The molecule has 0 atom stereocenters. The zero-order chi connectivity index (χ0) is 17.1. The van der Waals surface area contributed by atoms with E-state index < -0.39 is 0 Å². The lowest BCUT2D eigenvalue weighted by molar-refractivity contribution is 0.0943. The molecular formula is C19H17FN2O2. The molecule has 2 aromatic carbocycles. The molecule has 0 radical (unpaired) electrons. The highest BCUT2D eigenvalue weighted by atomic mass is 19.1. The van der Waals surface area contributed by atoms with Gasteiger partial charge < -0.3 is 9.84 Å². The summed E-state index contributed by atoms with van der Waals surface area (Å²) in [7, 11) is 0. The summed E-state index contributed by atoms with van der Waals surface area (Å²) in [5, 5.41) is 6.76. The predicted octanol–water partition coefficient (Wildman–Crippen LogP) is 4.29. The van der Waals surface area contributed by atoms with E-state index in [0.717, 1.165) is 5.56 Å². The molecule has 0 unspecified atom stereocenters. The number of rotatable bonds is 4. The summed E-state index contributed by atoms with van der Waals surface area (Å²) in [4.78, 5) is 11.9. The maximum Gasteiger partial charge on any atom is 0.251 e. The molecule has 4 nitrogen and oxygen atoms in total. The fourth-order valence-corrected chi connectivity index (χ4v) is 2.34. The minimum atomic E-state index is -0.349. The van der Waals surface area contributed by atoms with Crippen LogP contribution < -0.4 is 5.32 Å². The third-order valence-corrected chi connectivity index (χ3v) is 3.51. The Hall–Kier alpha value is -2.95. The number of amides is 1. The Morgan fingerprint density at radius 2 is 1.83 bits per heavy atom. The Balaban J connectivity index is 1.83. The van der Waals surface area contributed by atoms with Gasteiger partial charge in [0.05, 0.1) is 0 Å². The molecule has 0 saturated heterocycles. The second kappa shape index (κ2) is 6.66. The van der Waals surface area contributed by atoms with Crippen molar-refractivity contribution in [3.8, 4) is 22.6 Å². The second-order valence-corrected chi connectivity index (χ2v) is 5.76. The molecule has 1 amide bonds. The molecular weight excluding hydrogens is 307 g/mol. The predicted molar refractivity (Wildman–Crippen MR) is 89.9 cm³/mol. The lowest BCUT2D eigenvalue weighted by Crippen LogP contribution is -2.29. The monoisotopic (exact) mass is 324 g/mol. The molecule has 0 aliphatic rings. The summed E-state index contributed by atoms with van der Waals surface area (Å²) in [6.45, 7) is 3.82. The van der Waals surface area contributed by atoms with Crippen LogP contribution in [0.2, 0.25) is 0 Å². The van der Waals surface area contributed by atoms with Crippen molar-refractivity contribution in [3.63, 3.8) is 0 Å². The lowest BCUT2D eigenvalue weighted by atomic mass is 10.1. The van der Waals surface area contributed by atoms with Crippen molar-refractivity contribution in [1.82, 2.24) is 10.5 Å². The van der Waals surface area contributed by atoms with Crippen LogP contribution >= 0.6 is 0 Å². The first-order chi connectivity index (χ1) is 11.5. The average molecular weight is 324 g/mol. The molecule has 0 aliphatic carbocycles. The van der Waals surface area contributed by atoms with Crippen molar-refractivity contribution in [3.05, 3.63) is 66.0 Å². The zero-order valence-corrected chi connectivity index (χ0v) is 13.4. The molecule has 0 bridgehead atoms. The third-order valence-electron chi connectivity index (χ3n) is 3.51. The van der Waals surface area contributed by atoms with Crippen LogP contribution in [0.3, 0.4) is 0 Å². The van der Waals surface area contributed by atoms with Gasteiger partial charge >= 0.3 is 0 Å². The van der Waals surface area contributed by atoms with Crippen molar-refractivity contribution < 1.29 is 13.7 Å². The van der Waals surface area contributed by atoms with E-state index in [1.807, 2.05) is 13.8 Å². The zero-order valence-electron chi connectivity index (χ0n) is 13.4. The highest BCUT2D eigenvalue weighted by Crippen LogP contribution is 2.27. The maximum atomic E-state index is 13.8. The van der Waals surface area contributed by atoms with Crippen LogP contribution in [0.4, 0.5) is 4.39 Å². The van der Waals surface area contributed by atoms with Crippen LogP contribution in [0, 0.1) is 5.82 Å². The number of carbonyl (C=O) groups excluding carboxylic acids is 1. The summed E-state index contributed by atoms with van der Waals surface area (Å²) in [5.41, 5.74) is 2.16. The van der Waals surface area contributed by atoms with E-state index in [1.165, 1.54) is 6.07 Å². The highest BCUT2D eigenvalue weighted by molar-refractivity contribution is 5.94. The molecule has 3 rings (SSSR count). The number of benzene rings is 2. The fourth-order valence-electron chi connectivity index (χ4n) is 2.34. The van der Waals surface area contributed by atoms with E-state index in [9.17, 15) is 9.18 Å². The van der Waals surface area contributed by atoms with E-state index in [0.29, 0.717) is 22.6 Å². The summed E-state index contributed by atoms with van der Waals surface area (Å²) in [6.07, 6.45) is 0. The van der Waals surface area contributed by atoms with Crippen LogP contribution in [0.1, 0.15) is 24.2 Å². The van der Waals surface area contributed by atoms with Gasteiger partial charge in [0.25, 0.3) is 5.91 Å². The Labute approximate surface area is 139 Å². The van der Waals surface area contributed by atoms with E-state index in [2.05, 4.69) is 10.5 Å². The van der Waals surface area contributed by atoms with Crippen LogP contribution in [-0.4, -0.2) is 17.1 Å². The van der Waals surface area contributed by atoms with Crippen molar-refractivity contribution in [1.29, 1.82) is 0 Å².